The lowest BCUT2D eigenvalue weighted by atomic mass is 9.99. The van der Waals surface area contributed by atoms with E-state index in [1.54, 1.807) is 29.8 Å². The number of hydrogen-bond donors (Lipinski definition) is 1. The fourth-order valence-electron chi connectivity index (χ4n) is 2.35. The second-order valence-corrected chi connectivity index (χ2v) is 6.66. The van der Waals surface area contributed by atoms with E-state index < -0.39 is 11.7 Å². The van der Waals surface area contributed by atoms with Crippen LogP contribution in [0.3, 0.4) is 0 Å². The fraction of sp³-hybridized carbons (Fsp3) is 0.471. The van der Waals surface area contributed by atoms with Crippen molar-refractivity contribution < 1.29 is 18.9 Å². The molecule has 1 aromatic rings. The van der Waals surface area contributed by atoms with Gasteiger partial charge < -0.3 is 15.4 Å². The first-order chi connectivity index (χ1) is 10.7. The summed E-state index contributed by atoms with van der Waals surface area (Å²) in [7, 11) is 1.66. The highest BCUT2D eigenvalue weighted by Crippen LogP contribution is 2.20. The Morgan fingerprint density at radius 2 is 2.09 bits per heavy atom. The molecule has 0 unspecified atom stereocenters. The zero-order chi connectivity index (χ0) is 17.2. The van der Waals surface area contributed by atoms with Crippen molar-refractivity contribution in [3.05, 3.63) is 29.3 Å². The quantitative estimate of drug-likeness (QED) is 0.682. The number of nitrogen functional groups attached to an aromatic ring is 1. The average Bonchev–Trinajstić information content (AvgIpc) is 2.45. The third kappa shape index (κ3) is 4.09. The van der Waals surface area contributed by atoms with Gasteiger partial charge in [-0.2, -0.15) is 4.58 Å². The Balaban J connectivity index is 1.99. The van der Waals surface area contributed by atoms with Gasteiger partial charge in [-0.25, -0.2) is 9.59 Å². The number of likely N-dealkylation sites (N-methyl/N-ethyl adjacent to an activating group) is 1. The predicted molar refractivity (Wildman–Crippen MR) is 88.9 cm³/mol. The first kappa shape index (κ1) is 17.0. The number of nitrogens with two attached hydrogens (primary N) is 1. The molecular weight excluding hydrogens is 294 g/mol. The third-order valence-electron chi connectivity index (χ3n) is 3.60. The monoisotopic (exact) mass is 318 g/mol. The van der Waals surface area contributed by atoms with Gasteiger partial charge in [0.15, 0.2) is 12.8 Å². The summed E-state index contributed by atoms with van der Waals surface area (Å²) in [5.74, 6) is -0.0869. The number of benzene rings is 1. The Labute approximate surface area is 136 Å². The summed E-state index contributed by atoms with van der Waals surface area (Å²) in [5, 5.41) is 0. The van der Waals surface area contributed by atoms with E-state index in [-0.39, 0.29) is 5.91 Å². The molecule has 0 atom stereocenters. The lowest BCUT2D eigenvalue weighted by molar-refractivity contribution is -0.426. The lowest BCUT2D eigenvalue weighted by Gasteiger charge is -2.24. The van der Waals surface area contributed by atoms with Crippen LogP contribution in [-0.2, 0) is 11.2 Å². The average molecular weight is 318 g/mol. The second-order valence-electron chi connectivity index (χ2n) is 6.66. The van der Waals surface area contributed by atoms with Crippen molar-refractivity contribution in [2.75, 3.05) is 25.9 Å². The van der Waals surface area contributed by atoms with E-state index in [4.69, 9.17) is 10.5 Å². The van der Waals surface area contributed by atoms with Crippen LogP contribution in [-0.4, -0.2) is 53.4 Å². The van der Waals surface area contributed by atoms with E-state index >= 15 is 0 Å². The Morgan fingerprint density at radius 1 is 1.39 bits per heavy atom. The smallest absolute Gasteiger partial charge is 0.419 e. The van der Waals surface area contributed by atoms with E-state index in [0.717, 1.165) is 5.56 Å². The van der Waals surface area contributed by atoms with Crippen molar-refractivity contribution in [3.8, 4) is 0 Å². The molecule has 2 amide bonds. The van der Waals surface area contributed by atoms with Gasteiger partial charge in [0.2, 0.25) is 0 Å². The fourth-order valence-corrected chi connectivity index (χ4v) is 2.35. The maximum absolute atomic E-state index is 12.5. The van der Waals surface area contributed by atoms with Gasteiger partial charge >= 0.3 is 12.0 Å². The molecule has 1 aromatic carbocycles. The third-order valence-corrected chi connectivity index (χ3v) is 3.60. The zero-order valence-electron chi connectivity index (χ0n) is 14.1. The summed E-state index contributed by atoms with van der Waals surface area (Å²) in [6.45, 7) is 6.28. The van der Waals surface area contributed by atoms with Crippen LogP contribution < -0.4 is 5.73 Å². The largest absolute Gasteiger partial charge is 0.444 e. The van der Waals surface area contributed by atoms with E-state index in [0.29, 0.717) is 30.8 Å². The van der Waals surface area contributed by atoms with E-state index in [1.807, 2.05) is 27.0 Å². The van der Waals surface area contributed by atoms with Crippen LogP contribution in [0.5, 0.6) is 0 Å². The second kappa shape index (κ2) is 6.40. The molecule has 2 N–H and O–H groups in total. The van der Waals surface area contributed by atoms with E-state index in [2.05, 4.69) is 0 Å². The summed E-state index contributed by atoms with van der Waals surface area (Å²) in [5.41, 5.74) is 7.51. The van der Waals surface area contributed by atoms with Crippen LogP contribution in [0.2, 0.25) is 0 Å². The van der Waals surface area contributed by atoms with Crippen LogP contribution in [0.15, 0.2) is 18.2 Å². The summed E-state index contributed by atoms with van der Waals surface area (Å²) in [6, 6.07) is 5.36. The minimum atomic E-state index is -0.533. The van der Waals surface area contributed by atoms with Crippen molar-refractivity contribution in [2.45, 2.75) is 32.8 Å². The molecule has 2 rings (SSSR count). The number of anilines is 1. The maximum Gasteiger partial charge on any atom is 0.419 e. The first-order valence-corrected chi connectivity index (χ1v) is 7.65. The highest BCUT2D eigenvalue weighted by Gasteiger charge is 2.29. The number of amides is 2. The molecule has 0 saturated heterocycles. The van der Waals surface area contributed by atoms with Crippen LogP contribution in [0.4, 0.5) is 10.5 Å². The van der Waals surface area contributed by atoms with Gasteiger partial charge in [-0.15, -0.1) is 0 Å². The van der Waals surface area contributed by atoms with E-state index in [9.17, 15) is 9.59 Å². The van der Waals surface area contributed by atoms with Crippen LogP contribution in [0.1, 0.15) is 36.7 Å². The molecule has 6 heteroatoms. The van der Waals surface area contributed by atoms with Gasteiger partial charge in [-0.3, -0.25) is 0 Å². The predicted octanol–water partition coefficient (Wildman–Crippen LogP) is 1.92. The van der Waals surface area contributed by atoms with Crippen LogP contribution in [0.25, 0.3) is 0 Å². The number of rotatable bonds is 3. The Bertz CT molecular complexity index is 660. The molecule has 1 aliphatic heterocycles. The molecule has 124 valence electrons. The topological polar surface area (TPSA) is 75.6 Å². The molecular formula is C17H24N3O3+. The molecule has 0 bridgehead atoms. The molecule has 0 saturated carbocycles. The van der Waals surface area contributed by atoms with Crippen molar-refractivity contribution >= 4 is 23.9 Å². The maximum atomic E-state index is 12.5. The molecule has 0 aromatic heterocycles. The van der Waals surface area contributed by atoms with Gasteiger partial charge in [-0.1, -0.05) is 6.07 Å². The minimum Gasteiger partial charge on any atom is -0.444 e. The molecule has 0 spiro atoms. The molecule has 0 radical (unpaired) electrons. The Kier molecular flexibility index (Phi) is 4.73. The summed E-state index contributed by atoms with van der Waals surface area (Å²) in [4.78, 5) is 25.9. The normalized spacial score (nSPS) is 14.1. The van der Waals surface area contributed by atoms with Crippen molar-refractivity contribution in [1.29, 1.82) is 0 Å². The Morgan fingerprint density at radius 3 is 2.74 bits per heavy atom. The van der Waals surface area contributed by atoms with Crippen molar-refractivity contribution in [1.82, 2.24) is 4.90 Å². The van der Waals surface area contributed by atoms with Crippen LogP contribution in [0, 0.1) is 0 Å². The molecule has 23 heavy (non-hydrogen) atoms. The zero-order valence-corrected chi connectivity index (χ0v) is 14.1. The lowest BCUT2D eigenvalue weighted by Crippen LogP contribution is -2.39. The highest BCUT2D eigenvalue weighted by atomic mass is 16.6. The number of fused-ring (bicyclic) bond motifs is 1. The van der Waals surface area contributed by atoms with Gasteiger partial charge in [0.05, 0.1) is 18.5 Å². The molecule has 0 aliphatic carbocycles. The van der Waals surface area contributed by atoms with Gasteiger partial charge in [0.1, 0.15) is 5.60 Å². The first-order valence-electron chi connectivity index (χ1n) is 7.65. The molecule has 6 nitrogen and oxygen atoms in total. The molecule has 1 heterocycles. The summed E-state index contributed by atoms with van der Waals surface area (Å²) < 4.78 is 6.92. The number of ether oxygens (including phenoxy) is 1. The van der Waals surface area contributed by atoms with Gasteiger partial charge in [0.25, 0.3) is 0 Å². The van der Waals surface area contributed by atoms with Gasteiger partial charge in [0, 0.05) is 18.3 Å². The standard InChI is InChI=1S/C17H24N3O3/c1-17(2,3)23-16(22)19(4)10-11-20-9-8-12-13(15(20)21)6-5-7-14(12)18/h5-7,9H,8,10-11,18H2,1-4H3/q+1. The minimum absolute atomic E-state index is 0.0869. The van der Waals surface area contributed by atoms with Crippen molar-refractivity contribution in [2.24, 2.45) is 0 Å². The number of hydrogen-bond acceptors (Lipinski definition) is 4. The highest BCUT2D eigenvalue weighted by molar-refractivity contribution is 5.96. The van der Waals surface area contributed by atoms with E-state index in [1.165, 1.54) is 4.90 Å². The van der Waals surface area contributed by atoms with Crippen molar-refractivity contribution in [3.63, 3.8) is 0 Å². The number of carbonyl (C=O) groups excluding carboxylic acids is 2. The number of nitrogens with zero attached hydrogens (tertiary/aromatic N) is 2. The summed E-state index contributed by atoms with van der Waals surface area (Å²) in [6.07, 6.45) is 2.04. The molecule has 1 aliphatic rings. The van der Waals surface area contributed by atoms with Crippen LogP contribution >= 0.6 is 0 Å². The Hall–Kier alpha value is -2.37. The molecule has 0 fully saturated rings. The van der Waals surface area contributed by atoms with Gasteiger partial charge in [-0.05, 0) is 32.9 Å². The number of carbonyl (C=O) groups is 2. The SMILES string of the molecule is CN(CC[N+]1=CCc2c(N)cccc2C1=O)C(=O)OC(C)(C)C. The summed E-state index contributed by atoms with van der Waals surface area (Å²) >= 11 is 0.